The second kappa shape index (κ2) is 6.78. The van der Waals surface area contributed by atoms with Gasteiger partial charge in [0, 0.05) is 19.6 Å². The zero-order valence-electron chi connectivity index (χ0n) is 17.2. The largest absolute Gasteiger partial charge is 0.479 e. The first-order valence-corrected chi connectivity index (χ1v) is 10.9. The van der Waals surface area contributed by atoms with Gasteiger partial charge in [0.15, 0.2) is 5.13 Å². The second-order valence-electron chi connectivity index (χ2n) is 8.95. The normalized spacial score (nSPS) is 28.2. The Morgan fingerprint density at radius 2 is 2.07 bits per heavy atom. The maximum Gasteiger partial charge on any atom is 0.241 e. The highest BCUT2D eigenvalue weighted by Crippen LogP contribution is 2.73. The summed E-state index contributed by atoms with van der Waals surface area (Å²) < 4.78 is 11.9. The van der Waals surface area contributed by atoms with Gasteiger partial charge < -0.3 is 24.6 Å². The third-order valence-electron chi connectivity index (χ3n) is 6.41. The van der Waals surface area contributed by atoms with Crippen LogP contribution in [0.5, 0.6) is 5.88 Å². The van der Waals surface area contributed by atoms with Gasteiger partial charge in [0.1, 0.15) is 5.52 Å². The number of pyridine rings is 1. The first-order chi connectivity index (χ1) is 13.9. The molecule has 0 atom stereocenters. The van der Waals surface area contributed by atoms with Crippen molar-refractivity contribution in [3.8, 4) is 5.88 Å². The van der Waals surface area contributed by atoms with Crippen LogP contribution in [0, 0.1) is 10.8 Å². The van der Waals surface area contributed by atoms with Crippen LogP contribution >= 0.6 is 11.3 Å². The molecule has 4 fully saturated rings. The predicted molar refractivity (Wildman–Crippen MR) is 113 cm³/mol. The highest BCUT2D eigenvalue weighted by Gasteiger charge is 2.71. The van der Waals surface area contributed by atoms with Crippen molar-refractivity contribution in [3.63, 3.8) is 0 Å². The molecule has 3 heterocycles. The number of hydrogen-bond acceptors (Lipinski definition) is 8. The average Bonchev–Trinajstić information content (AvgIpc) is 3.06. The molecule has 1 N–H and O–H groups in total. The van der Waals surface area contributed by atoms with E-state index in [-0.39, 0.29) is 11.3 Å². The van der Waals surface area contributed by atoms with Crippen molar-refractivity contribution in [2.45, 2.75) is 19.3 Å². The van der Waals surface area contributed by atoms with Gasteiger partial charge in [-0.1, -0.05) is 11.3 Å². The Bertz CT molecular complexity index is 933. The van der Waals surface area contributed by atoms with Gasteiger partial charge in [-0.15, -0.1) is 0 Å². The molecule has 2 aromatic rings. The molecule has 1 aliphatic heterocycles. The van der Waals surface area contributed by atoms with Gasteiger partial charge in [0.25, 0.3) is 0 Å². The quantitative estimate of drug-likeness (QED) is 0.772. The smallest absolute Gasteiger partial charge is 0.241 e. The van der Waals surface area contributed by atoms with Gasteiger partial charge in [-0.05, 0) is 38.8 Å². The van der Waals surface area contributed by atoms with E-state index in [1.807, 2.05) is 6.20 Å². The second-order valence-corrected chi connectivity index (χ2v) is 9.95. The molecule has 0 radical (unpaired) electrons. The van der Waals surface area contributed by atoms with Crippen molar-refractivity contribution >= 4 is 38.3 Å². The molecule has 2 aromatic heterocycles. The zero-order valence-corrected chi connectivity index (χ0v) is 18.0. The first-order valence-electron chi connectivity index (χ1n) is 10.1. The van der Waals surface area contributed by atoms with Gasteiger partial charge in [0.2, 0.25) is 11.8 Å². The number of thiazole rings is 1. The van der Waals surface area contributed by atoms with Crippen LogP contribution in [-0.4, -0.2) is 74.8 Å². The van der Waals surface area contributed by atoms with E-state index in [0.717, 1.165) is 49.3 Å². The Hall–Kier alpha value is -1.97. The van der Waals surface area contributed by atoms with E-state index in [1.54, 1.807) is 7.11 Å². The van der Waals surface area contributed by atoms with E-state index in [1.165, 1.54) is 11.3 Å². The number of carbonyl (C=O) groups is 1. The summed E-state index contributed by atoms with van der Waals surface area (Å²) in [5, 5.41) is 3.71. The lowest BCUT2D eigenvalue weighted by molar-refractivity contribution is -0.206. The van der Waals surface area contributed by atoms with E-state index in [4.69, 9.17) is 9.47 Å². The van der Waals surface area contributed by atoms with E-state index in [9.17, 15) is 4.79 Å². The van der Waals surface area contributed by atoms with Crippen LogP contribution in [0.3, 0.4) is 0 Å². The van der Waals surface area contributed by atoms with E-state index < -0.39 is 0 Å². The van der Waals surface area contributed by atoms with Crippen molar-refractivity contribution in [2.24, 2.45) is 10.8 Å². The summed E-state index contributed by atoms with van der Waals surface area (Å²) in [6, 6.07) is 0. The molecule has 0 spiro atoms. The number of nitrogens with one attached hydrogen (secondary N) is 1. The summed E-state index contributed by atoms with van der Waals surface area (Å²) in [4.78, 5) is 26.6. The average molecular weight is 418 g/mol. The topological polar surface area (TPSA) is 79.8 Å². The number of morpholine rings is 1. The fourth-order valence-electron chi connectivity index (χ4n) is 5.42. The third-order valence-corrected chi connectivity index (χ3v) is 7.40. The number of amides is 1. The summed E-state index contributed by atoms with van der Waals surface area (Å²) in [5.74, 6) is 0.598. The Balaban J connectivity index is 1.37. The molecule has 2 bridgehead atoms. The van der Waals surface area contributed by atoms with Crippen LogP contribution in [0.4, 0.5) is 10.8 Å². The molecule has 29 heavy (non-hydrogen) atoms. The highest BCUT2D eigenvalue weighted by molar-refractivity contribution is 7.23. The summed E-state index contributed by atoms with van der Waals surface area (Å²) in [7, 11) is 5.79. The van der Waals surface area contributed by atoms with E-state index >= 15 is 0 Å². The Morgan fingerprint density at radius 1 is 1.34 bits per heavy atom. The molecular weight excluding hydrogens is 390 g/mol. The van der Waals surface area contributed by atoms with Crippen LogP contribution < -0.4 is 15.0 Å². The van der Waals surface area contributed by atoms with E-state index in [2.05, 4.69) is 39.2 Å². The molecule has 1 amide bonds. The fourth-order valence-corrected chi connectivity index (χ4v) is 6.41. The van der Waals surface area contributed by atoms with Crippen LogP contribution in [0.15, 0.2) is 6.20 Å². The summed E-state index contributed by atoms with van der Waals surface area (Å²) in [5.41, 5.74) is 1.89. The molecule has 3 aliphatic carbocycles. The van der Waals surface area contributed by atoms with Crippen molar-refractivity contribution in [2.75, 3.05) is 64.3 Å². The van der Waals surface area contributed by atoms with Crippen molar-refractivity contribution in [1.29, 1.82) is 0 Å². The van der Waals surface area contributed by atoms with Crippen LogP contribution in [0.2, 0.25) is 0 Å². The molecular formula is C20H27N5O3S. The summed E-state index contributed by atoms with van der Waals surface area (Å²) >= 11 is 1.50. The number of ether oxygens (including phenoxy) is 2. The number of hydrogen-bond donors (Lipinski definition) is 1. The minimum absolute atomic E-state index is 0.108. The van der Waals surface area contributed by atoms with Crippen molar-refractivity contribution in [3.05, 3.63) is 6.20 Å². The first kappa shape index (κ1) is 19.0. The number of rotatable bonds is 6. The molecule has 0 aromatic carbocycles. The standard InChI is InChI=1S/C20H27N5O3S/c1-24(2)12-19-9-20(10-19,11-19)17(26)23-18-22-14-15(29-18)13(8-21-16(14)27-3)25-4-6-28-7-5-25/h8H,4-7,9-12H2,1-3H3,(H,22,23,26). The fraction of sp³-hybridized carbons (Fsp3) is 0.650. The Morgan fingerprint density at radius 3 is 2.72 bits per heavy atom. The molecule has 0 unspecified atom stereocenters. The monoisotopic (exact) mass is 417 g/mol. The lowest BCUT2D eigenvalue weighted by Gasteiger charge is -2.70. The number of anilines is 2. The zero-order chi connectivity index (χ0) is 20.2. The van der Waals surface area contributed by atoms with Crippen LogP contribution in [0.25, 0.3) is 10.2 Å². The molecule has 3 saturated carbocycles. The van der Waals surface area contributed by atoms with Gasteiger partial charge >= 0.3 is 0 Å². The number of methoxy groups -OCH3 is 1. The lowest BCUT2D eigenvalue weighted by atomic mass is 9.34. The highest BCUT2D eigenvalue weighted by atomic mass is 32.1. The molecule has 8 nitrogen and oxygen atoms in total. The molecule has 156 valence electrons. The van der Waals surface area contributed by atoms with Crippen LogP contribution in [0.1, 0.15) is 19.3 Å². The molecule has 1 saturated heterocycles. The number of fused-ring (bicyclic) bond motifs is 1. The summed E-state index contributed by atoms with van der Waals surface area (Å²) in [6.45, 7) is 4.11. The Kier molecular flexibility index (Phi) is 4.45. The van der Waals surface area contributed by atoms with Gasteiger partial charge in [-0.2, -0.15) is 0 Å². The van der Waals surface area contributed by atoms with Crippen molar-refractivity contribution < 1.29 is 14.3 Å². The summed E-state index contributed by atoms with van der Waals surface area (Å²) in [6.07, 6.45) is 4.79. The number of carbonyl (C=O) groups excluding carboxylic acids is 1. The Labute approximate surface area is 174 Å². The van der Waals surface area contributed by atoms with Crippen molar-refractivity contribution in [1.82, 2.24) is 14.9 Å². The lowest BCUT2D eigenvalue weighted by Crippen LogP contribution is -2.69. The van der Waals surface area contributed by atoms with E-state index in [0.29, 0.717) is 35.2 Å². The van der Waals surface area contributed by atoms with Gasteiger partial charge in [-0.25, -0.2) is 9.97 Å². The maximum atomic E-state index is 13.0. The molecule has 6 rings (SSSR count). The minimum atomic E-state index is -0.191. The van der Waals surface area contributed by atoms with Crippen LogP contribution in [-0.2, 0) is 9.53 Å². The molecule has 4 aliphatic rings. The maximum absolute atomic E-state index is 13.0. The minimum Gasteiger partial charge on any atom is -0.479 e. The van der Waals surface area contributed by atoms with Gasteiger partial charge in [0.05, 0.1) is 42.3 Å². The third kappa shape index (κ3) is 3.06. The predicted octanol–water partition coefficient (Wildman–Crippen LogP) is 2.21. The SMILES string of the molecule is COc1ncc(N2CCOCC2)c2sc(NC(=O)C34CC(CN(C)C)(C3)C4)nc12. The number of aromatic nitrogens is 2. The van der Waals surface area contributed by atoms with Gasteiger partial charge in [-0.3, -0.25) is 4.79 Å². The number of nitrogens with zero attached hydrogens (tertiary/aromatic N) is 4. The molecule has 9 heteroatoms.